The van der Waals surface area contributed by atoms with Crippen LogP contribution in [0.25, 0.3) is 5.69 Å². The first-order chi connectivity index (χ1) is 13.3. The maximum absolute atomic E-state index is 13.3. The monoisotopic (exact) mass is 397 g/mol. The molecule has 2 aromatic carbocycles. The molecule has 5 nitrogen and oxygen atoms in total. The Morgan fingerprint density at radius 1 is 1.04 bits per heavy atom. The smallest absolute Gasteiger partial charge is 0.206 e. The van der Waals surface area contributed by atoms with Crippen molar-refractivity contribution in [3.05, 3.63) is 83.9 Å². The third kappa shape index (κ3) is 4.72. The molecule has 4 aromatic rings. The summed E-state index contributed by atoms with van der Waals surface area (Å²) in [7, 11) is 0. The van der Waals surface area contributed by atoms with Gasteiger partial charge < -0.3 is 5.32 Å². The molecular weight excluding hydrogens is 381 g/mol. The molecule has 0 aliphatic heterocycles. The predicted octanol–water partition coefficient (Wildman–Crippen LogP) is 4.77. The molecule has 0 aliphatic carbocycles. The molecule has 27 heavy (non-hydrogen) atoms. The molecule has 0 fully saturated rings. The first-order valence-electron chi connectivity index (χ1n) is 8.31. The summed E-state index contributed by atoms with van der Waals surface area (Å²) in [6.07, 6.45) is 1.83. The van der Waals surface area contributed by atoms with Crippen LogP contribution in [-0.2, 0) is 12.3 Å². The van der Waals surface area contributed by atoms with E-state index in [0.717, 1.165) is 21.7 Å². The molecule has 0 atom stereocenters. The number of thioether (sulfide) groups is 1. The zero-order chi connectivity index (χ0) is 18.5. The summed E-state index contributed by atoms with van der Waals surface area (Å²) in [5.74, 6) is 0.402. The van der Waals surface area contributed by atoms with Crippen molar-refractivity contribution in [3.63, 3.8) is 0 Å². The van der Waals surface area contributed by atoms with Crippen molar-refractivity contribution in [2.75, 3.05) is 5.32 Å². The lowest BCUT2D eigenvalue weighted by Crippen LogP contribution is -1.98. The minimum Gasteiger partial charge on any atom is -0.356 e. The van der Waals surface area contributed by atoms with Crippen molar-refractivity contribution in [2.45, 2.75) is 16.6 Å². The van der Waals surface area contributed by atoms with Gasteiger partial charge in [0.15, 0.2) is 4.34 Å². The largest absolute Gasteiger partial charge is 0.356 e. The summed E-state index contributed by atoms with van der Waals surface area (Å²) < 4.78 is 15.9. The van der Waals surface area contributed by atoms with Crippen molar-refractivity contribution in [3.8, 4) is 5.69 Å². The van der Waals surface area contributed by atoms with Crippen LogP contribution in [0.2, 0.25) is 0 Å². The molecule has 0 aliphatic rings. The number of nitrogens with one attached hydrogen (secondary N) is 1. The van der Waals surface area contributed by atoms with Crippen LogP contribution in [0.3, 0.4) is 0 Å². The third-order valence-electron chi connectivity index (χ3n) is 3.75. The van der Waals surface area contributed by atoms with Crippen LogP contribution < -0.4 is 5.32 Å². The number of benzene rings is 2. The Morgan fingerprint density at radius 2 is 1.93 bits per heavy atom. The Labute approximate surface area is 164 Å². The van der Waals surface area contributed by atoms with E-state index in [9.17, 15) is 4.39 Å². The summed E-state index contributed by atoms with van der Waals surface area (Å²) in [6.45, 7) is 0.720. The van der Waals surface area contributed by atoms with Crippen LogP contribution in [0.4, 0.5) is 9.52 Å². The van der Waals surface area contributed by atoms with Crippen LogP contribution in [-0.4, -0.2) is 20.0 Å². The molecule has 1 N–H and O–H groups in total. The molecule has 136 valence electrons. The predicted molar refractivity (Wildman–Crippen MR) is 107 cm³/mol. The molecule has 2 aromatic heterocycles. The van der Waals surface area contributed by atoms with Crippen molar-refractivity contribution in [1.29, 1.82) is 0 Å². The summed E-state index contributed by atoms with van der Waals surface area (Å²) >= 11 is 3.10. The van der Waals surface area contributed by atoms with Crippen LogP contribution >= 0.6 is 23.1 Å². The van der Waals surface area contributed by atoms with Crippen molar-refractivity contribution in [2.24, 2.45) is 0 Å². The second kappa shape index (κ2) is 8.32. The van der Waals surface area contributed by atoms with E-state index in [4.69, 9.17) is 0 Å². The van der Waals surface area contributed by atoms with Crippen LogP contribution in [0, 0.1) is 5.82 Å². The van der Waals surface area contributed by atoms with E-state index < -0.39 is 0 Å². The van der Waals surface area contributed by atoms with E-state index in [1.165, 1.54) is 29.0 Å². The van der Waals surface area contributed by atoms with Gasteiger partial charge in [-0.2, -0.15) is 5.10 Å². The van der Waals surface area contributed by atoms with Gasteiger partial charge in [0.25, 0.3) is 0 Å². The Bertz CT molecular complexity index is 1020. The number of nitrogens with zero attached hydrogens (tertiary/aromatic N) is 4. The maximum Gasteiger partial charge on any atom is 0.206 e. The zero-order valence-corrected chi connectivity index (χ0v) is 15.9. The molecular formula is C19H16FN5S2. The van der Waals surface area contributed by atoms with Crippen LogP contribution in [0.1, 0.15) is 11.3 Å². The molecule has 0 bridgehead atoms. The number of anilines is 1. The van der Waals surface area contributed by atoms with E-state index in [1.54, 1.807) is 22.5 Å². The number of aromatic nitrogens is 4. The van der Waals surface area contributed by atoms with Gasteiger partial charge in [-0.05, 0) is 29.8 Å². The highest BCUT2D eigenvalue weighted by Gasteiger charge is 2.07. The first kappa shape index (κ1) is 17.7. The molecule has 0 saturated heterocycles. The van der Waals surface area contributed by atoms with E-state index in [2.05, 4.69) is 32.7 Å². The normalized spacial score (nSPS) is 10.9. The molecule has 0 spiro atoms. The number of hydrogen-bond acceptors (Lipinski definition) is 6. The molecule has 0 saturated carbocycles. The Balaban J connectivity index is 1.32. The Kier molecular flexibility index (Phi) is 5.45. The van der Waals surface area contributed by atoms with E-state index in [-0.39, 0.29) is 5.82 Å². The summed E-state index contributed by atoms with van der Waals surface area (Å²) in [6, 6.07) is 18.5. The van der Waals surface area contributed by atoms with Gasteiger partial charge in [0.05, 0.1) is 11.4 Å². The highest BCUT2D eigenvalue weighted by Crippen LogP contribution is 2.28. The standard InChI is InChI=1S/C19H16FN5S2/c20-15-7-4-8-17(11-15)25-10-9-16(24-25)13-26-19-23-22-18(27-19)21-12-14-5-2-1-3-6-14/h1-11H,12-13H2,(H,21,22). The lowest BCUT2D eigenvalue weighted by atomic mass is 10.2. The van der Waals surface area contributed by atoms with Gasteiger partial charge in [0.2, 0.25) is 5.13 Å². The number of hydrogen-bond donors (Lipinski definition) is 1. The molecule has 0 unspecified atom stereocenters. The lowest BCUT2D eigenvalue weighted by Gasteiger charge is -2.01. The minimum atomic E-state index is -0.275. The summed E-state index contributed by atoms with van der Waals surface area (Å²) in [5.41, 5.74) is 2.80. The fourth-order valence-corrected chi connectivity index (χ4v) is 4.10. The second-order valence-electron chi connectivity index (χ2n) is 5.73. The molecule has 8 heteroatoms. The van der Waals surface area contributed by atoms with Gasteiger partial charge in [0, 0.05) is 18.5 Å². The SMILES string of the molecule is Fc1cccc(-n2ccc(CSc3nnc(NCc4ccccc4)s3)n2)c1. The number of halogens is 1. The fraction of sp³-hybridized carbons (Fsp3) is 0.105. The summed E-state index contributed by atoms with van der Waals surface area (Å²) in [5, 5.41) is 17.0. The minimum absolute atomic E-state index is 0.275. The van der Waals surface area contributed by atoms with E-state index in [1.807, 2.05) is 36.5 Å². The molecule has 2 heterocycles. The van der Waals surface area contributed by atoms with E-state index >= 15 is 0 Å². The average Bonchev–Trinajstić information content (AvgIpc) is 3.35. The lowest BCUT2D eigenvalue weighted by molar-refractivity contribution is 0.625. The molecule has 4 rings (SSSR count). The fourth-order valence-electron chi connectivity index (χ4n) is 2.45. The van der Waals surface area contributed by atoms with Crippen molar-refractivity contribution >= 4 is 28.2 Å². The zero-order valence-electron chi connectivity index (χ0n) is 14.2. The molecule has 0 amide bonds. The number of rotatable bonds is 7. The summed E-state index contributed by atoms with van der Waals surface area (Å²) in [4.78, 5) is 0. The van der Waals surface area contributed by atoms with Gasteiger partial charge in [-0.25, -0.2) is 9.07 Å². The first-order valence-corrected chi connectivity index (χ1v) is 10.1. The maximum atomic E-state index is 13.3. The van der Waals surface area contributed by atoms with Gasteiger partial charge in [-0.3, -0.25) is 0 Å². The van der Waals surface area contributed by atoms with Crippen LogP contribution in [0.5, 0.6) is 0 Å². The van der Waals surface area contributed by atoms with Gasteiger partial charge in [-0.15, -0.1) is 10.2 Å². The Hall–Kier alpha value is -2.71. The quantitative estimate of drug-likeness (QED) is 0.455. The third-order valence-corrected chi connectivity index (χ3v) is 5.80. The van der Waals surface area contributed by atoms with Gasteiger partial charge in [0.1, 0.15) is 5.82 Å². The highest BCUT2D eigenvalue weighted by atomic mass is 32.2. The molecule has 0 radical (unpaired) electrons. The second-order valence-corrected chi connectivity index (χ2v) is 7.93. The van der Waals surface area contributed by atoms with Crippen molar-refractivity contribution in [1.82, 2.24) is 20.0 Å². The Morgan fingerprint density at radius 3 is 2.78 bits per heavy atom. The van der Waals surface area contributed by atoms with Crippen LogP contribution in [0.15, 0.2) is 71.2 Å². The van der Waals surface area contributed by atoms with Crippen molar-refractivity contribution < 1.29 is 4.39 Å². The average molecular weight is 398 g/mol. The van der Waals surface area contributed by atoms with E-state index in [0.29, 0.717) is 11.4 Å². The topological polar surface area (TPSA) is 55.6 Å². The highest BCUT2D eigenvalue weighted by molar-refractivity contribution is 8.00. The van der Waals surface area contributed by atoms with Gasteiger partial charge >= 0.3 is 0 Å². The van der Waals surface area contributed by atoms with Gasteiger partial charge in [-0.1, -0.05) is 59.5 Å².